The fraction of sp³-hybridized carbons (Fsp3) is 0.820. The Morgan fingerprint density at radius 1 is 0.460 bits per heavy atom. The number of hydrogen-bond donors (Lipinski definition) is 7. The number of rotatable bonds is 32. The van der Waals surface area contributed by atoms with Gasteiger partial charge in [-0.25, -0.2) is 18.0 Å². The molecule has 4 aliphatic heterocycles. The van der Waals surface area contributed by atoms with Crippen LogP contribution in [0.5, 0.6) is 0 Å². The number of esters is 5. The highest BCUT2D eigenvalue weighted by Gasteiger charge is 2.61. The molecule has 4 saturated heterocycles. The largest absolute Gasteiger partial charge is 0.479 e. The molecule has 20 unspecified atom stereocenters. The van der Waals surface area contributed by atoms with Crippen molar-refractivity contribution < 1.29 is 154 Å². The lowest BCUT2D eigenvalue weighted by Crippen LogP contribution is -2.71. The molecule has 0 spiro atoms. The number of aliphatic hydroxyl groups excluding tert-OH is 1. The highest BCUT2D eigenvalue weighted by atomic mass is 32.3. The highest BCUT2D eigenvalue weighted by molar-refractivity contribution is 7.81. The van der Waals surface area contributed by atoms with Crippen molar-refractivity contribution in [2.45, 2.75) is 242 Å². The van der Waals surface area contributed by atoms with Crippen LogP contribution in [-0.4, -0.2) is 238 Å². The summed E-state index contributed by atoms with van der Waals surface area (Å²) in [5, 5.41) is 38.1. The molecule has 37 heteroatoms. The van der Waals surface area contributed by atoms with E-state index in [1.54, 1.807) is 20.8 Å². The lowest BCUT2D eigenvalue weighted by atomic mass is 9.93. The van der Waals surface area contributed by atoms with Gasteiger partial charge in [-0.3, -0.25) is 42.7 Å². The van der Waals surface area contributed by atoms with Gasteiger partial charge in [0.05, 0.1) is 6.10 Å². The van der Waals surface area contributed by atoms with Crippen molar-refractivity contribution in [1.82, 2.24) is 10.6 Å². The van der Waals surface area contributed by atoms with Gasteiger partial charge in [-0.2, -0.15) is 16.8 Å². The van der Waals surface area contributed by atoms with Crippen molar-refractivity contribution in [2.75, 3.05) is 20.3 Å². The molecule has 498 valence electrons. The molecule has 35 nitrogen and oxygen atoms in total. The van der Waals surface area contributed by atoms with Crippen LogP contribution in [0, 0.1) is 0 Å². The van der Waals surface area contributed by atoms with Crippen molar-refractivity contribution in [3.8, 4) is 0 Å². The van der Waals surface area contributed by atoms with Crippen LogP contribution in [0.25, 0.3) is 0 Å². The van der Waals surface area contributed by atoms with Crippen molar-refractivity contribution in [1.29, 1.82) is 0 Å². The Morgan fingerprint density at radius 2 is 0.828 bits per heavy atom. The number of amides is 2. The normalized spacial score (nSPS) is 32.8. The Bertz CT molecular complexity index is 2590. The number of aliphatic carboxylic acids is 2. The van der Waals surface area contributed by atoms with Gasteiger partial charge in [0.25, 0.3) is 0 Å². The van der Waals surface area contributed by atoms with Crippen LogP contribution in [0.2, 0.25) is 0 Å². The quantitative estimate of drug-likeness (QED) is 0.0238. The van der Waals surface area contributed by atoms with Gasteiger partial charge in [0.15, 0.2) is 49.4 Å². The van der Waals surface area contributed by atoms with Gasteiger partial charge >= 0.3 is 62.6 Å². The van der Waals surface area contributed by atoms with E-state index < -0.39 is 223 Å². The summed E-state index contributed by atoms with van der Waals surface area (Å²) < 4.78 is 157. The summed E-state index contributed by atoms with van der Waals surface area (Å²) in [7, 11) is -10.3. The second-order valence-corrected chi connectivity index (χ2v) is 22.4. The number of carboxylic acids is 2. The standard InChI is InChI=1S/C50H78N2O33S2/c1-10-15-27(55)72-20-25-36(84-86(65,66)67)38(71-9)32(51-23(7)53)48(75-25)82-41-42(78-30(58)18-13-4)45(79-31(59)19-14-5)50(83-44(41)47(63)64)80-39-33(52-24(8)54)49(76-26(21-73-28(56)16-11-2)37(39)85-87(68,69)70)81-40-34(60)35(77-29(57)17-12-3)22(6)74-43(40)46(61)62/h22,25-26,32-45,48-50,60H,10-21H2,1-9H3,(H,51,53)(H,52,54)(H,61,62)(H,63,64)(H,65,66,67)(H,68,69,70). The van der Waals surface area contributed by atoms with Gasteiger partial charge in [-0.15, -0.1) is 0 Å². The maximum Gasteiger partial charge on any atom is 0.397 e. The zero-order valence-corrected chi connectivity index (χ0v) is 50.6. The first-order valence-corrected chi connectivity index (χ1v) is 30.5. The maximum atomic E-state index is 13.9. The monoisotopic (exact) mass is 1300 g/mol. The Balaban J connectivity index is 2.04. The molecular weight excluding hydrogens is 1220 g/mol. The number of aliphatic hydroxyl groups is 1. The number of hydrogen-bond acceptors (Lipinski definition) is 29. The molecule has 4 rings (SSSR count). The molecule has 0 aromatic carbocycles. The van der Waals surface area contributed by atoms with E-state index in [1.165, 1.54) is 20.8 Å². The van der Waals surface area contributed by atoms with Crippen LogP contribution in [0.1, 0.15) is 120 Å². The summed E-state index contributed by atoms with van der Waals surface area (Å²) in [4.78, 5) is 119. The van der Waals surface area contributed by atoms with Crippen LogP contribution in [0.4, 0.5) is 0 Å². The SMILES string of the molecule is CCCC(=O)OCC1OC(OC2C(C(=O)O)OC(OC3C(NC(C)=O)C(OC4C(C(=O)O)OC(C)C(OC(=O)CCC)C4O)OC(COC(=O)CCC)C3OS(=O)(=O)O)C(OC(=O)CCC)C2OC(=O)CCC)C(NC(C)=O)C(OC)C1OS(=O)(=O)O. The molecule has 0 aromatic rings. The minimum atomic E-state index is -5.80. The predicted molar refractivity (Wildman–Crippen MR) is 281 cm³/mol. The van der Waals surface area contributed by atoms with E-state index in [1.807, 2.05) is 0 Å². The van der Waals surface area contributed by atoms with Gasteiger partial charge in [0, 0.05) is 53.1 Å². The summed E-state index contributed by atoms with van der Waals surface area (Å²) in [5.74, 6) is -10.8. The first-order valence-electron chi connectivity index (χ1n) is 27.8. The minimum Gasteiger partial charge on any atom is -0.479 e. The fourth-order valence-corrected chi connectivity index (χ4v) is 10.8. The zero-order valence-electron chi connectivity index (χ0n) is 49.0. The van der Waals surface area contributed by atoms with Gasteiger partial charge in [-0.1, -0.05) is 34.6 Å². The van der Waals surface area contributed by atoms with E-state index in [4.69, 9.17) is 69.9 Å². The molecule has 87 heavy (non-hydrogen) atoms. The number of carbonyl (C=O) groups is 9. The number of carbonyl (C=O) groups excluding carboxylic acids is 7. The van der Waals surface area contributed by atoms with E-state index in [9.17, 15) is 84.4 Å². The average Bonchev–Trinajstić information content (AvgIpc) is 0.926. The van der Waals surface area contributed by atoms with E-state index in [0.717, 1.165) is 21.0 Å². The molecule has 4 heterocycles. The van der Waals surface area contributed by atoms with E-state index >= 15 is 0 Å². The Morgan fingerprint density at radius 3 is 1.23 bits per heavy atom. The third-order valence-corrected chi connectivity index (χ3v) is 14.2. The number of nitrogens with one attached hydrogen (secondary N) is 2. The van der Waals surface area contributed by atoms with E-state index in [2.05, 4.69) is 10.6 Å². The lowest BCUT2D eigenvalue weighted by Gasteiger charge is -2.51. The average molecular weight is 1300 g/mol. The molecule has 4 aliphatic rings. The first kappa shape index (κ1) is 74.1. The number of methoxy groups -OCH3 is 1. The van der Waals surface area contributed by atoms with Crippen LogP contribution in [0.3, 0.4) is 0 Å². The molecule has 0 saturated carbocycles. The lowest BCUT2D eigenvalue weighted by molar-refractivity contribution is -0.365. The van der Waals surface area contributed by atoms with Crippen LogP contribution in [0.15, 0.2) is 0 Å². The number of ether oxygens (including phenoxy) is 13. The fourth-order valence-electron chi connectivity index (χ4n) is 9.72. The molecule has 7 N–H and O–H groups in total. The van der Waals surface area contributed by atoms with Gasteiger partial charge in [0.2, 0.25) is 11.8 Å². The molecular formula is C50H78N2O33S2. The van der Waals surface area contributed by atoms with Crippen LogP contribution >= 0.6 is 0 Å². The summed E-state index contributed by atoms with van der Waals surface area (Å²) in [6.07, 6.45) is -39.7. The van der Waals surface area contributed by atoms with Crippen LogP contribution in [-0.2, 0) is 134 Å². The summed E-state index contributed by atoms with van der Waals surface area (Å²) in [5.41, 5.74) is 0. The minimum absolute atomic E-state index is 0.0391. The van der Waals surface area contributed by atoms with Gasteiger partial charge in [-0.05, 0) is 39.0 Å². The molecule has 2 amide bonds. The van der Waals surface area contributed by atoms with Crippen molar-refractivity contribution in [2.24, 2.45) is 0 Å². The molecule has 0 aromatic heterocycles. The van der Waals surface area contributed by atoms with E-state index in [-0.39, 0.29) is 51.4 Å². The van der Waals surface area contributed by atoms with Crippen molar-refractivity contribution in [3.63, 3.8) is 0 Å². The third-order valence-electron chi connectivity index (χ3n) is 13.3. The number of carboxylic acid groups (broad SMARTS) is 2. The second kappa shape index (κ2) is 34.0. The van der Waals surface area contributed by atoms with Crippen molar-refractivity contribution >= 4 is 74.4 Å². The van der Waals surface area contributed by atoms with Crippen LogP contribution < -0.4 is 10.6 Å². The smallest absolute Gasteiger partial charge is 0.397 e. The third kappa shape index (κ3) is 21.7. The van der Waals surface area contributed by atoms with E-state index in [0.29, 0.717) is 0 Å². The molecule has 0 bridgehead atoms. The second-order valence-electron chi connectivity index (χ2n) is 20.4. The Labute approximate surface area is 500 Å². The highest BCUT2D eigenvalue weighted by Crippen LogP contribution is 2.39. The first-order chi connectivity index (χ1) is 40.8. The summed E-state index contributed by atoms with van der Waals surface area (Å²) >= 11 is 0. The van der Waals surface area contributed by atoms with Gasteiger partial charge < -0.3 is 87.5 Å². The zero-order chi connectivity index (χ0) is 65.2. The topological polar surface area (TPSA) is 486 Å². The Hall–Kier alpha value is -5.39. The molecule has 4 fully saturated rings. The maximum absolute atomic E-state index is 13.9. The predicted octanol–water partition coefficient (Wildman–Crippen LogP) is -1.14. The summed E-state index contributed by atoms with van der Waals surface area (Å²) in [6.45, 7) is 9.01. The summed E-state index contributed by atoms with van der Waals surface area (Å²) in [6, 6.07) is -4.04. The molecule has 20 atom stereocenters. The van der Waals surface area contributed by atoms with Crippen molar-refractivity contribution in [3.05, 3.63) is 0 Å². The molecule has 0 radical (unpaired) electrons. The molecule has 0 aliphatic carbocycles. The van der Waals surface area contributed by atoms with Gasteiger partial charge in [0.1, 0.15) is 80.2 Å². The Kier molecular flexibility index (Phi) is 28.9.